The molecule has 3 nitrogen and oxygen atoms in total. The van der Waals surface area contributed by atoms with Gasteiger partial charge < -0.3 is 14.6 Å². The van der Waals surface area contributed by atoms with Gasteiger partial charge in [-0.3, -0.25) is 0 Å². The van der Waals surface area contributed by atoms with Crippen molar-refractivity contribution in [1.29, 1.82) is 0 Å². The Morgan fingerprint density at radius 3 is 2.07 bits per heavy atom. The van der Waals surface area contributed by atoms with Crippen LogP contribution >= 0.6 is 0 Å². The second kappa shape index (κ2) is 7.21. The molecule has 0 fully saturated rings. The molecule has 0 saturated carbocycles. The standard InChI is InChI=1S/C9H12O3.C2H6/c1-7(11-2)12-9-5-3-8(10)4-6-9;1-2/h3-7,10H,1-2H3;1-2H3. The van der Waals surface area contributed by atoms with E-state index in [1.807, 2.05) is 13.8 Å². The van der Waals surface area contributed by atoms with Crippen molar-refractivity contribution in [1.82, 2.24) is 0 Å². The summed E-state index contributed by atoms with van der Waals surface area (Å²) in [6.45, 7) is 5.80. The molecule has 80 valence electrons. The molecule has 0 spiro atoms. The fraction of sp³-hybridized carbons (Fsp3) is 0.455. The first-order chi connectivity index (χ1) is 6.72. The molecule has 3 heteroatoms. The second-order valence-electron chi connectivity index (χ2n) is 2.42. The zero-order valence-electron chi connectivity index (χ0n) is 9.15. The van der Waals surface area contributed by atoms with Crippen molar-refractivity contribution in [2.45, 2.75) is 27.1 Å². The van der Waals surface area contributed by atoms with Crippen LogP contribution in [0.4, 0.5) is 0 Å². The van der Waals surface area contributed by atoms with E-state index in [9.17, 15) is 0 Å². The normalized spacial score (nSPS) is 11.1. The Kier molecular flexibility index (Phi) is 6.58. The first-order valence-corrected chi connectivity index (χ1v) is 4.71. The van der Waals surface area contributed by atoms with Gasteiger partial charge in [0.05, 0.1) is 0 Å². The van der Waals surface area contributed by atoms with Crippen molar-refractivity contribution in [3.63, 3.8) is 0 Å². The van der Waals surface area contributed by atoms with Gasteiger partial charge in [0, 0.05) is 7.11 Å². The van der Waals surface area contributed by atoms with Gasteiger partial charge >= 0.3 is 0 Å². The number of benzene rings is 1. The maximum absolute atomic E-state index is 8.96. The molecule has 1 aromatic rings. The van der Waals surface area contributed by atoms with E-state index in [-0.39, 0.29) is 12.0 Å². The SMILES string of the molecule is CC.COC(C)Oc1ccc(O)cc1. The van der Waals surface area contributed by atoms with Crippen LogP contribution < -0.4 is 4.74 Å². The summed E-state index contributed by atoms with van der Waals surface area (Å²) >= 11 is 0. The molecule has 0 radical (unpaired) electrons. The molecular weight excluding hydrogens is 180 g/mol. The van der Waals surface area contributed by atoms with Crippen molar-refractivity contribution in [3.8, 4) is 11.5 Å². The lowest BCUT2D eigenvalue weighted by Crippen LogP contribution is -2.13. The molecule has 0 aliphatic rings. The Balaban J connectivity index is 0.000000791. The molecule has 0 aromatic heterocycles. The lowest BCUT2D eigenvalue weighted by molar-refractivity contribution is -0.0383. The third-order valence-electron chi connectivity index (χ3n) is 1.47. The van der Waals surface area contributed by atoms with Gasteiger partial charge in [-0.05, 0) is 31.2 Å². The van der Waals surface area contributed by atoms with Gasteiger partial charge in [-0.2, -0.15) is 0 Å². The summed E-state index contributed by atoms with van der Waals surface area (Å²) in [5.74, 6) is 0.912. The summed E-state index contributed by atoms with van der Waals surface area (Å²) in [6, 6.07) is 6.51. The van der Waals surface area contributed by atoms with Gasteiger partial charge in [-0.25, -0.2) is 0 Å². The first kappa shape index (κ1) is 12.8. The number of aromatic hydroxyl groups is 1. The highest BCUT2D eigenvalue weighted by Gasteiger charge is 1.99. The quantitative estimate of drug-likeness (QED) is 0.759. The van der Waals surface area contributed by atoms with Crippen molar-refractivity contribution in [2.24, 2.45) is 0 Å². The van der Waals surface area contributed by atoms with Crippen LogP contribution in [0.3, 0.4) is 0 Å². The first-order valence-electron chi connectivity index (χ1n) is 4.71. The van der Waals surface area contributed by atoms with Gasteiger partial charge in [0.25, 0.3) is 0 Å². The molecule has 0 heterocycles. The molecule has 1 rings (SSSR count). The summed E-state index contributed by atoms with van der Waals surface area (Å²) in [4.78, 5) is 0. The Labute approximate surface area is 85.3 Å². The molecule has 14 heavy (non-hydrogen) atoms. The van der Waals surface area contributed by atoms with Gasteiger partial charge in [0.1, 0.15) is 11.5 Å². The van der Waals surface area contributed by atoms with Crippen molar-refractivity contribution < 1.29 is 14.6 Å². The second-order valence-corrected chi connectivity index (χ2v) is 2.42. The molecule has 1 aromatic carbocycles. The molecule has 0 aliphatic heterocycles. The predicted molar refractivity (Wildman–Crippen MR) is 56.6 cm³/mol. The van der Waals surface area contributed by atoms with E-state index >= 15 is 0 Å². The maximum atomic E-state index is 8.96. The molecule has 0 saturated heterocycles. The minimum atomic E-state index is -0.269. The lowest BCUT2D eigenvalue weighted by atomic mass is 10.3. The number of rotatable bonds is 3. The largest absolute Gasteiger partial charge is 0.508 e. The molecular formula is C11H18O3. The van der Waals surface area contributed by atoms with E-state index in [0.717, 1.165) is 0 Å². The summed E-state index contributed by atoms with van der Waals surface area (Å²) in [7, 11) is 1.57. The van der Waals surface area contributed by atoms with Crippen LogP contribution in [-0.4, -0.2) is 18.5 Å². The fourth-order valence-electron chi connectivity index (χ4n) is 0.764. The van der Waals surface area contributed by atoms with Crippen LogP contribution in [0.1, 0.15) is 20.8 Å². The smallest absolute Gasteiger partial charge is 0.196 e. The topological polar surface area (TPSA) is 38.7 Å². The highest BCUT2D eigenvalue weighted by Crippen LogP contribution is 2.16. The van der Waals surface area contributed by atoms with Gasteiger partial charge in [0.15, 0.2) is 6.29 Å². The lowest BCUT2D eigenvalue weighted by Gasteiger charge is -2.11. The molecule has 1 unspecified atom stereocenters. The monoisotopic (exact) mass is 198 g/mol. The number of hydrogen-bond donors (Lipinski definition) is 1. The summed E-state index contributed by atoms with van der Waals surface area (Å²) < 4.78 is 10.2. The third kappa shape index (κ3) is 4.72. The Bertz CT molecular complexity index is 231. The van der Waals surface area contributed by atoms with Crippen LogP contribution in [0.5, 0.6) is 11.5 Å². The molecule has 1 atom stereocenters. The van der Waals surface area contributed by atoms with E-state index in [4.69, 9.17) is 14.6 Å². The van der Waals surface area contributed by atoms with Crippen LogP contribution in [-0.2, 0) is 4.74 Å². The highest BCUT2D eigenvalue weighted by molar-refractivity contribution is 5.30. The van der Waals surface area contributed by atoms with E-state index in [1.54, 1.807) is 38.3 Å². The van der Waals surface area contributed by atoms with E-state index in [1.165, 1.54) is 0 Å². The Morgan fingerprint density at radius 1 is 1.14 bits per heavy atom. The van der Waals surface area contributed by atoms with Gasteiger partial charge in [-0.15, -0.1) is 0 Å². The fourth-order valence-corrected chi connectivity index (χ4v) is 0.764. The third-order valence-corrected chi connectivity index (χ3v) is 1.47. The number of phenols is 1. The van der Waals surface area contributed by atoms with Crippen molar-refractivity contribution >= 4 is 0 Å². The average Bonchev–Trinajstić information content (AvgIpc) is 2.24. The summed E-state index contributed by atoms with van der Waals surface area (Å²) in [6.07, 6.45) is -0.269. The Hall–Kier alpha value is -1.22. The van der Waals surface area contributed by atoms with E-state index < -0.39 is 0 Å². The summed E-state index contributed by atoms with van der Waals surface area (Å²) in [5.41, 5.74) is 0. The average molecular weight is 198 g/mol. The highest BCUT2D eigenvalue weighted by atomic mass is 16.7. The van der Waals surface area contributed by atoms with Crippen LogP contribution in [0, 0.1) is 0 Å². The molecule has 0 bridgehead atoms. The van der Waals surface area contributed by atoms with Gasteiger partial charge in [-0.1, -0.05) is 13.8 Å². The van der Waals surface area contributed by atoms with Gasteiger partial charge in [0.2, 0.25) is 0 Å². The van der Waals surface area contributed by atoms with Crippen LogP contribution in [0.2, 0.25) is 0 Å². The number of ether oxygens (including phenoxy) is 2. The van der Waals surface area contributed by atoms with Crippen molar-refractivity contribution in [2.75, 3.05) is 7.11 Å². The number of methoxy groups -OCH3 is 1. The van der Waals surface area contributed by atoms with Crippen LogP contribution in [0.15, 0.2) is 24.3 Å². The predicted octanol–water partition coefficient (Wildman–Crippen LogP) is 2.79. The number of hydrogen-bond acceptors (Lipinski definition) is 3. The van der Waals surface area contributed by atoms with Crippen LogP contribution in [0.25, 0.3) is 0 Å². The number of phenolic OH excluding ortho intramolecular Hbond substituents is 1. The van der Waals surface area contributed by atoms with E-state index in [0.29, 0.717) is 5.75 Å². The molecule has 1 N–H and O–H groups in total. The minimum absolute atomic E-state index is 0.229. The molecule has 0 amide bonds. The van der Waals surface area contributed by atoms with Crippen molar-refractivity contribution in [3.05, 3.63) is 24.3 Å². The zero-order valence-corrected chi connectivity index (χ0v) is 9.15. The zero-order chi connectivity index (χ0) is 11.0. The Morgan fingerprint density at radius 2 is 1.64 bits per heavy atom. The maximum Gasteiger partial charge on any atom is 0.196 e. The summed E-state index contributed by atoms with van der Waals surface area (Å²) in [5, 5.41) is 8.96. The minimum Gasteiger partial charge on any atom is -0.508 e. The molecule has 0 aliphatic carbocycles. The van der Waals surface area contributed by atoms with E-state index in [2.05, 4.69) is 0 Å².